The van der Waals surface area contributed by atoms with E-state index >= 15 is 0 Å². The molecule has 0 spiro atoms. The molecule has 0 heterocycles. The molecule has 2 aromatic carbocycles. The van der Waals surface area contributed by atoms with E-state index in [0.717, 1.165) is 12.8 Å². The Hall–Kier alpha value is -3.00. The van der Waals surface area contributed by atoms with Crippen LogP contribution < -0.4 is 5.32 Å². The molecule has 2 aliphatic carbocycles. The summed E-state index contributed by atoms with van der Waals surface area (Å²) in [5.41, 5.74) is 4.71. The first-order valence-corrected chi connectivity index (χ1v) is 12.4. The van der Waals surface area contributed by atoms with Crippen molar-refractivity contribution >= 4 is 29.7 Å². The van der Waals surface area contributed by atoms with Crippen LogP contribution in [0.3, 0.4) is 0 Å². The number of carbonyl (C=O) groups excluding carboxylic acids is 2. The first-order chi connectivity index (χ1) is 16.0. The van der Waals surface area contributed by atoms with Crippen molar-refractivity contribution in [3.8, 4) is 11.1 Å². The van der Waals surface area contributed by atoms with Gasteiger partial charge in [-0.3, -0.25) is 9.59 Å². The predicted octanol–water partition coefficient (Wildman–Crippen LogP) is 3.72. The summed E-state index contributed by atoms with van der Waals surface area (Å²) in [5, 5.41) is 11.6. The highest BCUT2D eigenvalue weighted by molar-refractivity contribution is 7.99. The number of benzene rings is 2. The zero-order valence-electron chi connectivity index (χ0n) is 18.4. The highest BCUT2D eigenvalue weighted by Crippen LogP contribution is 2.44. The second-order valence-electron chi connectivity index (χ2n) is 8.27. The summed E-state index contributed by atoms with van der Waals surface area (Å²) in [6.45, 7) is 0.927. The Balaban J connectivity index is 1.17. The molecule has 174 valence electrons. The number of nitrogens with zero attached hydrogens (tertiary/aromatic N) is 1. The van der Waals surface area contributed by atoms with Crippen molar-refractivity contribution in [3.63, 3.8) is 0 Å². The van der Waals surface area contributed by atoms with Gasteiger partial charge in [-0.05, 0) is 35.1 Å². The van der Waals surface area contributed by atoms with Crippen LogP contribution in [0.1, 0.15) is 36.3 Å². The van der Waals surface area contributed by atoms with Crippen molar-refractivity contribution in [2.45, 2.75) is 31.2 Å². The molecule has 0 radical (unpaired) electrons. The minimum atomic E-state index is -0.895. The summed E-state index contributed by atoms with van der Waals surface area (Å²) in [6, 6.07) is 16.6. The number of ether oxygens (including phenoxy) is 1. The molecule has 2 aliphatic rings. The molecule has 2 N–H and O–H groups in total. The fourth-order valence-corrected chi connectivity index (χ4v) is 4.96. The summed E-state index contributed by atoms with van der Waals surface area (Å²) in [7, 11) is 0. The van der Waals surface area contributed by atoms with Crippen molar-refractivity contribution < 1.29 is 24.2 Å². The third-order valence-electron chi connectivity index (χ3n) is 5.96. The van der Waals surface area contributed by atoms with Crippen LogP contribution in [-0.2, 0) is 14.3 Å². The number of hydrogen-bond donors (Lipinski definition) is 2. The molecule has 7 nitrogen and oxygen atoms in total. The Morgan fingerprint density at radius 1 is 1.03 bits per heavy atom. The van der Waals surface area contributed by atoms with Gasteiger partial charge in [-0.1, -0.05) is 48.5 Å². The maximum absolute atomic E-state index is 12.4. The van der Waals surface area contributed by atoms with Crippen LogP contribution in [0.25, 0.3) is 11.1 Å². The summed E-state index contributed by atoms with van der Waals surface area (Å²) in [6.07, 6.45) is 1.39. The van der Waals surface area contributed by atoms with E-state index in [-0.39, 0.29) is 43.2 Å². The monoisotopic (exact) mass is 468 g/mol. The van der Waals surface area contributed by atoms with Gasteiger partial charge in [0.05, 0.1) is 12.2 Å². The molecule has 0 aliphatic heterocycles. The summed E-state index contributed by atoms with van der Waals surface area (Å²) in [4.78, 5) is 37.1. The highest BCUT2D eigenvalue weighted by Gasteiger charge is 2.32. The minimum Gasteiger partial charge on any atom is -0.481 e. The van der Waals surface area contributed by atoms with Gasteiger partial charge in [0.25, 0.3) is 0 Å². The topological polar surface area (TPSA) is 95.9 Å². The lowest BCUT2D eigenvalue weighted by Gasteiger charge is -2.21. The van der Waals surface area contributed by atoms with E-state index in [9.17, 15) is 14.4 Å². The van der Waals surface area contributed by atoms with E-state index in [2.05, 4.69) is 29.6 Å². The van der Waals surface area contributed by atoms with Gasteiger partial charge in [0, 0.05) is 30.8 Å². The molecule has 0 bridgehead atoms. The molecule has 1 saturated carbocycles. The number of thioether (sulfide) groups is 1. The molecule has 4 rings (SSSR count). The molecule has 2 aromatic rings. The van der Waals surface area contributed by atoms with Crippen LogP contribution >= 0.6 is 11.8 Å². The third-order valence-corrected chi connectivity index (χ3v) is 6.90. The Bertz CT molecular complexity index is 978. The first kappa shape index (κ1) is 23.2. The van der Waals surface area contributed by atoms with Gasteiger partial charge in [-0.15, -0.1) is 0 Å². The molecule has 0 saturated heterocycles. The number of rotatable bonds is 11. The van der Waals surface area contributed by atoms with Crippen LogP contribution in [0.4, 0.5) is 4.79 Å². The standard InChI is InChI=1S/C25H28N2O5S/c28-23(27(17-9-10-17)13-11-24(29)30)16-33-14-12-26-25(31)32-15-22-20-7-3-1-5-18(20)19-6-2-4-8-21(19)22/h1-8,17,22H,9-16H2,(H,26,31)(H,29,30). The average Bonchev–Trinajstić information content (AvgIpc) is 3.60. The lowest BCUT2D eigenvalue weighted by Crippen LogP contribution is -2.36. The molecule has 2 amide bonds. The second-order valence-corrected chi connectivity index (χ2v) is 9.37. The first-order valence-electron chi connectivity index (χ1n) is 11.2. The van der Waals surface area contributed by atoms with Crippen LogP contribution in [0.5, 0.6) is 0 Å². The van der Waals surface area contributed by atoms with Gasteiger partial charge in [-0.25, -0.2) is 4.79 Å². The number of aliphatic carboxylic acids is 1. The maximum atomic E-state index is 12.4. The average molecular weight is 469 g/mol. The SMILES string of the molecule is O=C(O)CCN(C(=O)CSCCNC(=O)OCC1c2ccccc2-c2ccccc21)C1CC1. The van der Waals surface area contributed by atoms with Crippen molar-refractivity contribution in [2.75, 3.05) is 31.2 Å². The number of nitrogens with one attached hydrogen (secondary N) is 1. The van der Waals surface area contributed by atoms with Crippen molar-refractivity contribution in [2.24, 2.45) is 0 Å². The fraction of sp³-hybridized carbons (Fsp3) is 0.400. The number of alkyl carbamates (subject to hydrolysis) is 1. The Morgan fingerprint density at radius 3 is 2.27 bits per heavy atom. The van der Waals surface area contributed by atoms with E-state index in [1.54, 1.807) is 4.90 Å². The Labute approximate surface area is 197 Å². The quantitative estimate of drug-likeness (QED) is 0.488. The van der Waals surface area contributed by atoms with Crippen LogP contribution in [0, 0.1) is 0 Å². The number of carbonyl (C=O) groups is 3. The molecular weight excluding hydrogens is 440 g/mol. The van der Waals surface area contributed by atoms with E-state index in [1.165, 1.54) is 34.0 Å². The van der Waals surface area contributed by atoms with Gasteiger partial charge >= 0.3 is 12.1 Å². The van der Waals surface area contributed by atoms with Crippen LogP contribution in [0.2, 0.25) is 0 Å². The Kier molecular flexibility index (Phi) is 7.54. The molecule has 1 fully saturated rings. The number of carboxylic acid groups (broad SMARTS) is 1. The summed E-state index contributed by atoms with van der Waals surface area (Å²) < 4.78 is 5.51. The van der Waals surface area contributed by atoms with Crippen LogP contribution in [0.15, 0.2) is 48.5 Å². The zero-order valence-corrected chi connectivity index (χ0v) is 19.2. The van der Waals surface area contributed by atoms with E-state index in [4.69, 9.17) is 9.84 Å². The van der Waals surface area contributed by atoms with Crippen molar-refractivity contribution in [1.82, 2.24) is 10.2 Å². The highest BCUT2D eigenvalue weighted by atomic mass is 32.2. The number of carboxylic acids is 1. The third kappa shape index (κ3) is 5.87. The molecular formula is C25H28N2O5S. The lowest BCUT2D eigenvalue weighted by molar-refractivity contribution is -0.138. The van der Waals surface area contributed by atoms with E-state index in [1.807, 2.05) is 24.3 Å². The van der Waals surface area contributed by atoms with Gasteiger partial charge in [0.2, 0.25) is 5.91 Å². The van der Waals surface area contributed by atoms with Gasteiger partial charge < -0.3 is 20.1 Å². The van der Waals surface area contributed by atoms with E-state index in [0.29, 0.717) is 12.3 Å². The number of amides is 2. The normalized spacial score (nSPS) is 14.3. The predicted molar refractivity (Wildman–Crippen MR) is 127 cm³/mol. The minimum absolute atomic E-state index is 0.0226. The second kappa shape index (κ2) is 10.7. The van der Waals surface area contributed by atoms with Gasteiger partial charge in [0.1, 0.15) is 6.61 Å². The van der Waals surface area contributed by atoms with Gasteiger partial charge in [-0.2, -0.15) is 11.8 Å². The summed E-state index contributed by atoms with van der Waals surface area (Å²) in [5.74, 6) is -0.0526. The van der Waals surface area contributed by atoms with Crippen molar-refractivity contribution in [3.05, 3.63) is 59.7 Å². The number of hydrogen-bond acceptors (Lipinski definition) is 5. The van der Waals surface area contributed by atoms with E-state index < -0.39 is 12.1 Å². The zero-order chi connectivity index (χ0) is 23.2. The maximum Gasteiger partial charge on any atom is 0.407 e. The number of fused-ring (bicyclic) bond motifs is 3. The largest absolute Gasteiger partial charge is 0.481 e. The van der Waals surface area contributed by atoms with Crippen molar-refractivity contribution in [1.29, 1.82) is 0 Å². The van der Waals surface area contributed by atoms with Crippen LogP contribution in [-0.4, -0.2) is 65.2 Å². The lowest BCUT2D eigenvalue weighted by atomic mass is 9.98. The smallest absolute Gasteiger partial charge is 0.407 e. The molecule has 0 unspecified atom stereocenters. The van der Waals surface area contributed by atoms with Gasteiger partial charge in [0.15, 0.2) is 0 Å². The fourth-order valence-electron chi connectivity index (χ4n) is 4.23. The Morgan fingerprint density at radius 2 is 1.67 bits per heavy atom. The molecule has 8 heteroatoms. The summed E-state index contributed by atoms with van der Waals surface area (Å²) >= 11 is 1.43. The molecule has 0 aromatic heterocycles. The molecule has 33 heavy (non-hydrogen) atoms. The molecule has 0 atom stereocenters.